The van der Waals surface area contributed by atoms with Crippen LogP contribution in [-0.4, -0.2) is 41.2 Å². The van der Waals surface area contributed by atoms with Gasteiger partial charge >= 0.3 is 5.97 Å². The maximum atomic E-state index is 14.3. The van der Waals surface area contributed by atoms with Crippen molar-refractivity contribution in [2.45, 2.75) is 13.0 Å². The third-order valence-corrected chi connectivity index (χ3v) is 4.65. The number of nitrogens with one attached hydrogen (secondary N) is 1. The van der Waals surface area contributed by atoms with E-state index in [2.05, 4.69) is 5.32 Å². The molecule has 1 atom stereocenters. The molecule has 3 rings (SSSR count). The molecule has 0 unspecified atom stereocenters. The fourth-order valence-corrected chi connectivity index (χ4v) is 3.10. The Bertz CT molecular complexity index is 1120. The first-order chi connectivity index (χ1) is 14.7. The van der Waals surface area contributed by atoms with E-state index in [-0.39, 0.29) is 33.4 Å². The number of thiocarbonyl (C=S) groups is 1. The first-order valence-corrected chi connectivity index (χ1v) is 9.38. The lowest BCUT2D eigenvalue weighted by Crippen LogP contribution is -2.54. The molecule has 1 saturated heterocycles. The fraction of sp³-hybridized carbons (Fsp3) is 0.143. The average Bonchev–Trinajstić information content (AvgIpc) is 2.73. The maximum absolute atomic E-state index is 14.3. The van der Waals surface area contributed by atoms with Crippen molar-refractivity contribution in [2.24, 2.45) is 0 Å². The van der Waals surface area contributed by atoms with Gasteiger partial charge in [0.2, 0.25) is 0 Å². The third kappa shape index (κ3) is 4.38. The van der Waals surface area contributed by atoms with E-state index in [0.29, 0.717) is 0 Å². The van der Waals surface area contributed by atoms with Crippen LogP contribution in [0, 0.1) is 5.82 Å². The summed E-state index contributed by atoms with van der Waals surface area (Å²) in [5, 5.41) is 11.3. The van der Waals surface area contributed by atoms with Crippen LogP contribution >= 0.6 is 12.2 Å². The molecular weight excluding hydrogens is 427 g/mol. The Morgan fingerprint density at radius 1 is 1.23 bits per heavy atom. The zero-order valence-corrected chi connectivity index (χ0v) is 17.2. The minimum atomic E-state index is -1.23. The van der Waals surface area contributed by atoms with Gasteiger partial charge in [-0.3, -0.25) is 14.9 Å². The van der Waals surface area contributed by atoms with Gasteiger partial charge in [0.1, 0.15) is 11.4 Å². The number of rotatable bonds is 6. The van der Waals surface area contributed by atoms with Crippen LogP contribution < -0.4 is 19.7 Å². The van der Waals surface area contributed by atoms with Crippen molar-refractivity contribution in [3.05, 3.63) is 59.4 Å². The summed E-state index contributed by atoms with van der Waals surface area (Å²) in [7, 11) is 1.36. The number of amides is 2. The van der Waals surface area contributed by atoms with Gasteiger partial charge in [0, 0.05) is 5.56 Å². The van der Waals surface area contributed by atoms with E-state index in [1.807, 2.05) is 0 Å². The van der Waals surface area contributed by atoms with Crippen LogP contribution in [0.3, 0.4) is 0 Å². The number of carbonyl (C=O) groups excluding carboxylic acids is 2. The van der Waals surface area contributed by atoms with Gasteiger partial charge in [-0.15, -0.1) is 0 Å². The molecule has 0 spiro atoms. The van der Waals surface area contributed by atoms with Crippen LogP contribution in [-0.2, 0) is 14.4 Å². The van der Waals surface area contributed by atoms with Crippen molar-refractivity contribution in [1.29, 1.82) is 0 Å². The van der Waals surface area contributed by atoms with Crippen LogP contribution in [0.15, 0.2) is 48.0 Å². The zero-order valence-electron chi connectivity index (χ0n) is 16.4. The molecule has 1 fully saturated rings. The Labute approximate surface area is 181 Å². The number of carboxylic acids is 1. The summed E-state index contributed by atoms with van der Waals surface area (Å²) in [6.07, 6.45) is -0.0217. The second-order valence-corrected chi connectivity index (χ2v) is 6.77. The molecule has 31 heavy (non-hydrogen) atoms. The zero-order chi connectivity index (χ0) is 22.7. The summed E-state index contributed by atoms with van der Waals surface area (Å²) in [5.74, 6) is -3.32. The molecule has 2 N–H and O–H groups in total. The Hall–Kier alpha value is -3.79. The molecule has 2 aromatic carbocycles. The van der Waals surface area contributed by atoms with Crippen LogP contribution in [0.2, 0.25) is 0 Å². The molecule has 10 heteroatoms. The van der Waals surface area contributed by atoms with Crippen molar-refractivity contribution in [3.63, 3.8) is 0 Å². The van der Waals surface area contributed by atoms with Gasteiger partial charge in [-0.25, -0.2) is 14.1 Å². The molecule has 1 aliphatic heterocycles. The quantitative estimate of drug-likeness (QED) is 0.401. The number of hydrogen-bond acceptors (Lipinski definition) is 6. The lowest BCUT2D eigenvalue weighted by molar-refractivity contribution is -0.144. The molecule has 1 aliphatic rings. The van der Waals surface area contributed by atoms with Gasteiger partial charge in [0.15, 0.2) is 22.7 Å². The number of halogens is 1. The first-order valence-electron chi connectivity index (χ1n) is 8.97. The van der Waals surface area contributed by atoms with Crippen LogP contribution in [0.4, 0.5) is 10.1 Å². The number of hydrogen-bond donors (Lipinski definition) is 2. The number of carbonyl (C=O) groups is 3. The number of nitrogens with zero attached hydrogens (tertiary/aromatic N) is 1. The van der Waals surface area contributed by atoms with Gasteiger partial charge in [0.05, 0.1) is 12.8 Å². The van der Waals surface area contributed by atoms with Crippen LogP contribution in [0.5, 0.6) is 11.5 Å². The molecule has 8 nitrogen and oxygen atoms in total. The Morgan fingerprint density at radius 3 is 2.58 bits per heavy atom. The molecule has 160 valence electrons. The third-order valence-electron chi connectivity index (χ3n) is 4.37. The average molecular weight is 444 g/mol. The van der Waals surface area contributed by atoms with Crippen molar-refractivity contribution >= 4 is 46.9 Å². The number of ether oxygens (including phenoxy) is 2. The van der Waals surface area contributed by atoms with Gasteiger partial charge in [-0.2, -0.15) is 0 Å². The monoisotopic (exact) mass is 444 g/mol. The summed E-state index contributed by atoms with van der Waals surface area (Å²) >= 11 is 5.06. The highest BCUT2D eigenvalue weighted by Gasteiger charge is 2.36. The predicted molar refractivity (Wildman–Crippen MR) is 113 cm³/mol. The highest BCUT2D eigenvalue weighted by molar-refractivity contribution is 7.80. The Morgan fingerprint density at radius 2 is 1.94 bits per heavy atom. The summed E-state index contributed by atoms with van der Waals surface area (Å²) < 4.78 is 25.0. The Balaban J connectivity index is 2.09. The van der Waals surface area contributed by atoms with Gasteiger partial charge < -0.3 is 14.6 Å². The van der Waals surface area contributed by atoms with Gasteiger partial charge in [-0.1, -0.05) is 24.3 Å². The van der Waals surface area contributed by atoms with Crippen molar-refractivity contribution in [3.8, 4) is 11.5 Å². The van der Waals surface area contributed by atoms with E-state index < -0.39 is 29.7 Å². The lowest BCUT2D eigenvalue weighted by Gasteiger charge is -2.29. The van der Waals surface area contributed by atoms with Crippen molar-refractivity contribution < 1.29 is 33.4 Å². The van der Waals surface area contributed by atoms with E-state index >= 15 is 0 Å². The topological polar surface area (TPSA) is 105 Å². The van der Waals surface area contributed by atoms with Gasteiger partial charge in [-0.05, 0) is 43.4 Å². The predicted octanol–water partition coefficient (Wildman–Crippen LogP) is 2.52. The maximum Gasteiger partial charge on any atom is 0.344 e. The molecule has 0 bridgehead atoms. The second kappa shape index (κ2) is 8.92. The summed E-state index contributed by atoms with van der Waals surface area (Å²) in [6.45, 7) is 1.32. The highest BCUT2D eigenvalue weighted by Crippen LogP contribution is 2.34. The summed E-state index contributed by atoms with van der Waals surface area (Å²) in [5.41, 5.74) is -0.254. The lowest BCUT2D eigenvalue weighted by atomic mass is 10.1. The Kier molecular flexibility index (Phi) is 6.30. The number of benzene rings is 2. The van der Waals surface area contributed by atoms with Crippen LogP contribution in [0.1, 0.15) is 12.5 Å². The molecule has 0 radical (unpaired) electrons. The largest absolute Gasteiger partial charge is 0.493 e. The van der Waals surface area contributed by atoms with Gasteiger partial charge in [0.25, 0.3) is 11.8 Å². The molecule has 2 aromatic rings. The first kappa shape index (κ1) is 21.9. The number of carboxylic acid groups (broad SMARTS) is 1. The van der Waals surface area contributed by atoms with Crippen molar-refractivity contribution in [1.82, 2.24) is 5.32 Å². The van der Waals surface area contributed by atoms with E-state index in [1.54, 1.807) is 6.07 Å². The van der Waals surface area contributed by atoms with E-state index in [9.17, 15) is 18.8 Å². The minimum absolute atomic E-state index is 0.0265. The van der Waals surface area contributed by atoms with E-state index in [4.69, 9.17) is 26.8 Å². The van der Waals surface area contributed by atoms with Crippen LogP contribution in [0.25, 0.3) is 6.08 Å². The van der Waals surface area contributed by atoms with E-state index in [0.717, 1.165) is 11.0 Å². The fourth-order valence-electron chi connectivity index (χ4n) is 2.83. The highest BCUT2D eigenvalue weighted by atomic mass is 32.1. The summed E-state index contributed by atoms with van der Waals surface area (Å²) in [6, 6.07) is 10.1. The molecule has 1 heterocycles. The SMILES string of the molecule is COc1cccc(/C=C2\C(=O)NC(=S)N(c3ccccc3F)C2=O)c1O[C@@H](C)C(=O)O. The molecule has 2 amide bonds. The second-order valence-electron chi connectivity index (χ2n) is 6.39. The normalized spacial score (nSPS) is 16.2. The summed E-state index contributed by atoms with van der Waals surface area (Å²) in [4.78, 5) is 37.7. The molecular formula is C21H17FN2O6S. The van der Waals surface area contributed by atoms with Crippen molar-refractivity contribution in [2.75, 3.05) is 12.0 Å². The number of para-hydroxylation sites is 2. The standard InChI is InChI=1S/C21H17FN2O6S/c1-11(20(27)28)30-17-12(6-5-9-16(17)29-2)10-13-18(25)23-21(31)24(19(13)26)15-8-4-3-7-14(15)22/h3-11H,1-2H3,(H,27,28)(H,23,25,31)/b13-10+/t11-/m0/s1. The number of methoxy groups -OCH3 is 1. The molecule has 0 aromatic heterocycles. The molecule has 0 saturated carbocycles. The smallest absolute Gasteiger partial charge is 0.344 e. The molecule has 0 aliphatic carbocycles. The number of anilines is 1. The van der Waals surface area contributed by atoms with E-state index in [1.165, 1.54) is 50.4 Å². The number of aliphatic carboxylic acids is 1. The minimum Gasteiger partial charge on any atom is -0.493 e.